The van der Waals surface area contributed by atoms with Crippen molar-refractivity contribution in [3.63, 3.8) is 0 Å². The second-order valence-electron chi connectivity index (χ2n) is 4.66. The topological polar surface area (TPSA) is 93.8 Å². The van der Waals surface area contributed by atoms with E-state index in [1.807, 2.05) is 19.9 Å². The molecule has 3 rings (SSSR count). The van der Waals surface area contributed by atoms with Crippen molar-refractivity contribution in [3.05, 3.63) is 41.2 Å². The summed E-state index contributed by atoms with van der Waals surface area (Å²) in [7, 11) is 0. The third-order valence-electron chi connectivity index (χ3n) is 2.87. The van der Waals surface area contributed by atoms with Crippen molar-refractivity contribution in [2.75, 3.05) is 11.1 Å². The van der Waals surface area contributed by atoms with Crippen LogP contribution in [0.25, 0.3) is 10.2 Å². The van der Waals surface area contributed by atoms with Gasteiger partial charge in [-0.25, -0.2) is 15.0 Å². The summed E-state index contributed by atoms with van der Waals surface area (Å²) in [5.74, 6) is 0.0512. The van der Waals surface area contributed by atoms with Gasteiger partial charge < -0.3 is 5.73 Å². The van der Waals surface area contributed by atoms with Gasteiger partial charge in [0.25, 0.3) is 5.91 Å². The number of carbonyl (C=O) groups excluding carboxylic acids is 1. The number of rotatable bonds is 2. The van der Waals surface area contributed by atoms with Gasteiger partial charge in [0.05, 0.1) is 10.2 Å². The van der Waals surface area contributed by atoms with Gasteiger partial charge in [0.2, 0.25) is 5.95 Å². The van der Waals surface area contributed by atoms with E-state index in [9.17, 15) is 4.79 Å². The third kappa shape index (κ3) is 2.82. The average molecular weight is 299 g/mol. The molecular formula is C14H13N5OS. The van der Waals surface area contributed by atoms with Crippen LogP contribution in [0.4, 0.5) is 11.1 Å². The Morgan fingerprint density at radius 3 is 2.57 bits per heavy atom. The second-order valence-corrected chi connectivity index (χ2v) is 5.73. The summed E-state index contributed by atoms with van der Waals surface area (Å²) in [6, 6.07) is 7.10. The lowest BCUT2D eigenvalue weighted by molar-refractivity contribution is 0.102. The lowest BCUT2D eigenvalue weighted by Crippen LogP contribution is -2.14. The molecule has 2 aromatic heterocycles. The summed E-state index contributed by atoms with van der Waals surface area (Å²) in [5.41, 5.74) is 8.59. The molecule has 0 bridgehead atoms. The predicted octanol–water partition coefficient (Wildman–Crippen LogP) is 2.54. The number of aryl methyl sites for hydroxylation is 2. The van der Waals surface area contributed by atoms with Crippen LogP contribution in [0.2, 0.25) is 0 Å². The van der Waals surface area contributed by atoms with Crippen LogP contribution in [0.5, 0.6) is 0 Å². The van der Waals surface area contributed by atoms with Crippen molar-refractivity contribution in [2.45, 2.75) is 13.8 Å². The van der Waals surface area contributed by atoms with Crippen molar-refractivity contribution >= 4 is 38.5 Å². The number of benzene rings is 1. The lowest BCUT2D eigenvalue weighted by Gasteiger charge is -2.05. The Labute approximate surface area is 125 Å². The molecule has 106 valence electrons. The number of aromatic nitrogens is 3. The van der Waals surface area contributed by atoms with Crippen LogP contribution in [0.3, 0.4) is 0 Å². The zero-order valence-corrected chi connectivity index (χ0v) is 12.4. The summed E-state index contributed by atoms with van der Waals surface area (Å²) in [6.45, 7) is 3.72. The highest BCUT2D eigenvalue weighted by Crippen LogP contribution is 2.24. The molecule has 0 aliphatic carbocycles. The maximum Gasteiger partial charge on any atom is 0.258 e. The Bertz CT molecular complexity index is 822. The monoisotopic (exact) mass is 299 g/mol. The first-order chi connectivity index (χ1) is 10.0. The standard InChI is InChI=1S/C14H13N5OS/c1-7-5-8(2)17-14(16-7)19-12(20)9-3-4-10-11(6-9)21-13(15)18-10/h3-6H,1-2H3,(H2,15,18)(H,16,17,19,20). The van der Waals surface area contributed by atoms with E-state index in [1.165, 1.54) is 11.3 Å². The third-order valence-corrected chi connectivity index (χ3v) is 3.72. The Morgan fingerprint density at radius 1 is 1.14 bits per heavy atom. The van der Waals surface area contributed by atoms with Crippen molar-refractivity contribution in [3.8, 4) is 0 Å². The van der Waals surface area contributed by atoms with Crippen LogP contribution in [-0.2, 0) is 0 Å². The summed E-state index contributed by atoms with van der Waals surface area (Å²) >= 11 is 1.35. The van der Waals surface area contributed by atoms with Gasteiger partial charge in [-0.05, 0) is 38.1 Å². The molecule has 6 nitrogen and oxygen atoms in total. The van der Waals surface area contributed by atoms with E-state index in [1.54, 1.807) is 18.2 Å². The molecule has 0 fully saturated rings. The van der Waals surface area contributed by atoms with Gasteiger partial charge in [-0.15, -0.1) is 0 Å². The predicted molar refractivity (Wildman–Crippen MR) is 83.5 cm³/mol. The van der Waals surface area contributed by atoms with E-state index in [0.717, 1.165) is 21.6 Å². The van der Waals surface area contributed by atoms with Crippen molar-refractivity contribution in [1.82, 2.24) is 15.0 Å². The zero-order valence-electron chi connectivity index (χ0n) is 11.5. The quantitative estimate of drug-likeness (QED) is 0.758. The molecule has 0 spiro atoms. The molecule has 0 radical (unpaired) electrons. The number of fused-ring (bicyclic) bond motifs is 1. The van der Waals surface area contributed by atoms with Crippen LogP contribution in [0.1, 0.15) is 21.7 Å². The number of nitrogen functional groups attached to an aromatic ring is 1. The Balaban J connectivity index is 1.89. The maximum atomic E-state index is 12.2. The Hall–Kier alpha value is -2.54. The highest BCUT2D eigenvalue weighted by atomic mass is 32.1. The van der Waals surface area contributed by atoms with Gasteiger partial charge in [0.1, 0.15) is 0 Å². The molecule has 3 N–H and O–H groups in total. The highest BCUT2D eigenvalue weighted by molar-refractivity contribution is 7.22. The Morgan fingerprint density at radius 2 is 1.86 bits per heavy atom. The van der Waals surface area contributed by atoms with Crippen LogP contribution < -0.4 is 11.1 Å². The first kappa shape index (κ1) is 13.4. The average Bonchev–Trinajstić information content (AvgIpc) is 2.76. The van der Waals surface area contributed by atoms with Gasteiger partial charge in [0.15, 0.2) is 5.13 Å². The van der Waals surface area contributed by atoms with Gasteiger partial charge in [0, 0.05) is 17.0 Å². The molecule has 21 heavy (non-hydrogen) atoms. The number of nitrogens with one attached hydrogen (secondary N) is 1. The normalized spacial score (nSPS) is 10.8. The molecule has 0 unspecified atom stereocenters. The first-order valence-electron chi connectivity index (χ1n) is 6.31. The van der Waals surface area contributed by atoms with E-state index in [4.69, 9.17) is 5.73 Å². The number of anilines is 2. The molecule has 0 aliphatic heterocycles. The van der Waals surface area contributed by atoms with Crippen molar-refractivity contribution in [2.24, 2.45) is 0 Å². The number of carbonyl (C=O) groups is 1. The molecule has 1 aromatic carbocycles. The minimum absolute atomic E-state index is 0.256. The van der Waals surface area contributed by atoms with E-state index in [-0.39, 0.29) is 5.91 Å². The van der Waals surface area contributed by atoms with E-state index >= 15 is 0 Å². The van der Waals surface area contributed by atoms with Crippen molar-refractivity contribution < 1.29 is 4.79 Å². The van der Waals surface area contributed by atoms with Gasteiger partial charge in [-0.2, -0.15) is 0 Å². The largest absolute Gasteiger partial charge is 0.375 e. The van der Waals surface area contributed by atoms with Crippen molar-refractivity contribution in [1.29, 1.82) is 0 Å². The lowest BCUT2D eigenvalue weighted by atomic mass is 10.2. The minimum atomic E-state index is -0.256. The zero-order chi connectivity index (χ0) is 15.0. The Kier molecular flexibility index (Phi) is 3.26. The maximum absolute atomic E-state index is 12.2. The van der Waals surface area contributed by atoms with Crippen LogP contribution >= 0.6 is 11.3 Å². The van der Waals surface area contributed by atoms with Crippen LogP contribution in [0.15, 0.2) is 24.3 Å². The minimum Gasteiger partial charge on any atom is -0.375 e. The van der Waals surface area contributed by atoms with E-state index in [2.05, 4.69) is 20.3 Å². The fourth-order valence-electron chi connectivity index (χ4n) is 2.04. The van der Waals surface area contributed by atoms with Gasteiger partial charge in [-0.3, -0.25) is 10.1 Å². The molecule has 0 saturated carbocycles. The smallest absolute Gasteiger partial charge is 0.258 e. The molecule has 1 amide bonds. The van der Waals surface area contributed by atoms with Gasteiger partial charge >= 0.3 is 0 Å². The number of nitrogens with two attached hydrogens (primary N) is 1. The number of hydrogen-bond donors (Lipinski definition) is 2. The second kappa shape index (κ2) is 5.10. The summed E-state index contributed by atoms with van der Waals surface area (Å²) in [4.78, 5) is 24.8. The van der Waals surface area contributed by atoms with E-state index < -0.39 is 0 Å². The molecule has 0 atom stereocenters. The fourth-order valence-corrected chi connectivity index (χ4v) is 2.81. The molecule has 0 aliphatic rings. The van der Waals surface area contributed by atoms with Crippen LogP contribution in [-0.4, -0.2) is 20.9 Å². The number of hydrogen-bond acceptors (Lipinski definition) is 6. The SMILES string of the molecule is Cc1cc(C)nc(NC(=O)c2ccc3nc(N)sc3c2)n1. The number of thiazole rings is 1. The highest BCUT2D eigenvalue weighted by Gasteiger charge is 2.11. The molecule has 3 aromatic rings. The van der Waals surface area contributed by atoms with E-state index in [0.29, 0.717) is 16.6 Å². The molecule has 2 heterocycles. The van der Waals surface area contributed by atoms with Gasteiger partial charge in [-0.1, -0.05) is 11.3 Å². The molecule has 0 saturated heterocycles. The molecule has 7 heteroatoms. The number of amides is 1. The molecular weight excluding hydrogens is 286 g/mol. The fraction of sp³-hybridized carbons (Fsp3) is 0.143. The summed E-state index contributed by atoms with van der Waals surface area (Å²) in [6.07, 6.45) is 0. The summed E-state index contributed by atoms with van der Waals surface area (Å²) in [5, 5.41) is 3.19. The van der Waals surface area contributed by atoms with Crippen LogP contribution in [0, 0.1) is 13.8 Å². The first-order valence-corrected chi connectivity index (χ1v) is 7.12. The number of nitrogens with zero attached hydrogens (tertiary/aromatic N) is 3. The summed E-state index contributed by atoms with van der Waals surface area (Å²) < 4.78 is 0.876.